The Morgan fingerprint density at radius 2 is 2.03 bits per heavy atom. The highest BCUT2D eigenvalue weighted by atomic mass is 19.1. The van der Waals surface area contributed by atoms with Crippen molar-refractivity contribution in [3.05, 3.63) is 58.5 Å². The van der Waals surface area contributed by atoms with Gasteiger partial charge in [0.2, 0.25) is 5.91 Å². The minimum atomic E-state index is -0.535. The Hall–Kier alpha value is -3.09. The highest BCUT2D eigenvalue weighted by molar-refractivity contribution is 5.91. The van der Waals surface area contributed by atoms with Crippen LogP contribution in [0.25, 0.3) is 16.7 Å². The molecule has 0 radical (unpaired) electrons. The van der Waals surface area contributed by atoms with Crippen LogP contribution in [0.5, 0.6) is 0 Å². The molecule has 4 rings (SSSR count). The maximum atomic E-state index is 14.4. The first kappa shape index (κ1) is 19.2. The topological polar surface area (TPSA) is 76.9 Å². The molecule has 150 valence electrons. The second-order valence-electron chi connectivity index (χ2n) is 7.59. The van der Waals surface area contributed by atoms with E-state index < -0.39 is 5.82 Å². The third kappa shape index (κ3) is 4.04. The molecule has 6 nitrogen and oxygen atoms in total. The molecule has 2 aromatic heterocycles. The largest absolute Gasteiger partial charge is 0.324 e. The fourth-order valence-electron chi connectivity index (χ4n) is 4.03. The zero-order valence-electron chi connectivity index (χ0n) is 16.3. The summed E-state index contributed by atoms with van der Waals surface area (Å²) in [6.07, 6.45) is 7.57. The van der Waals surface area contributed by atoms with E-state index in [1.54, 1.807) is 25.3 Å². The quantitative estimate of drug-likeness (QED) is 0.722. The molecule has 1 saturated carbocycles. The first-order valence-electron chi connectivity index (χ1n) is 9.97. The fourth-order valence-corrected chi connectivity index (χ4v) is 4.03. The van der Waals surface area contributed by atoms with Gasteiger partial charge in [0.1, 0.15) is 11.6 Å². The van der Waals surface area contributed by atoms with Crippen LogP contribution in [0.1, 0.15) is 44.3 Å². The van der Waals surface area contributed by atoms with Gasteiger partial charge in [-0.25, -0.2) is 14.4 Å². The second kappa shape index (κ2) is 8.11. The van der Waals surface area contributed by atoms with E-state index >= 15 is 0 Å². The van der Waals surface area contributed by atoms with E-state index in [0.717, 1.165) is 25.7 Å². The molecule has 0 unspecified atom stereocenters. The minimum absolute atomic E-state index is 0.0703. The second-order valence-corrected chi connectivity index (χ2v) is 7.59. The SMILES string of the molecule is Cc1nc2ncccc2c(=O)n1-c1ccc(F)c(NC(=O)CC2CCCCC2)c1. The molecule has 0 aliphatic heterocycles. The number of pyridine rings is 1. The molecule has 1 aliphatic rings. The van der Waals surface area contributed by atoms with Gasteiger partial charge in [-0.3, -0.25) is 14.2 Å². The number of benzene rings is 1. The van der Waals surface area contributed by atoms with E-state index in [1.165, 1.54) is 29.2 Å². The van der Waals surface area contributed by atoms with Crippen molar-refractivity contribution in [2.24, 2.45) is 5.92 Å². The minimum Gasteiger partial charge on any atom is -0.324 e. The number of fused-ring (bicyclic) bond motifs is 1. The molecule has 3 aromatic rings. The summed E-state index contributed by atoms with van der Waals surface area (Å²) in [4.78, 5) is 33.9. The van der Waals surface area contributed by atoms with E-state index in [2.05, 4.69) is 15.3 Å². The predicted octanol–water partition coefficient (Wildman–Crippen LogP) is 4.14. The number of amides is 1. The highest BCUT2D eigenvalue weighted by Gasteiger charge is 2.18. The number of hydrogen-bond donors (Lipinski definition) is 1. The Labute approximate surface area is 167 Å². The Morgan fingerprint density at radius 1 is 1.24 bits per heavy atom. The molecular weight excluding hydrogens is 371 g/mol. The molecule has 1 aliphatic carbocycles. The molecule has 1 N–H and O–H groups in total. The Balaban J connectivity index is 1.64. The lowest BCUT2D eigenvalue weighted by Gasteiger charge is -2.21. The van der Waals surface area contributed by atoms with Gasteiger partial charge in [-0.1, -0.05) is 19.3 Å². The number of carbonyl (C=O) groups is 1. The maximum absolute atomic E-state index is 14.4. The van der Waals surface area contributed by atoms with Crippen molar-refractivity contribution in [1.82, 2.24) is 14.5 Å². The average molecular weight is 394 g/mol. The molecule has 1 fully saturated rings. The smallest absolute Gasteiger partial charge is 0.267 e. The normalized spacial score (nSPS) is 14.8. The van der Waals surface area contributed by atoms with E-state index in [1.807, 2.05) is 0 Å². The lowest BCUT2D eigenvalue weighted by atomic mass is 9.87. The molecule has 1 amide bonds. The third-order valence-electron chi connectivity index (χ3n) is 5.49. The summed E-state index contributed by atoms with van der Waals surface area (Å²) in [5.41, 5.74) is 0.599. The van der Waals surface area contributed by atoms with Gasteiger partial charge in [0, 0.05) is 12.6 Å². The van der Waals surface area contributed by atoms with Gasteiger partial charge in [-0.05, 0) is 56.0 Å². The molecule has 0 saturated heterocycles. The van der Waals surface area contributed by atoms with Crippen molar-refractivity contribution >= 4 is 22.6 Å². The van der Waals surface area contributed by atoms with E-state index in [-0.39, 0.29) is 17.2 Å². The molecule has 29 heavy (non-hydrogen) atoms. The molecule has 1 aromatic carbocycles. The van der Waals surface area contributed by atoms with Gasteiger partial charge < -0.3 is 5.32 Å². The zero-order chi connectivity index (χ0) is 20.4. The lowest BCUT2D eigenvalue weighted by Crippen LogP contribution is -2.23. The van der Waals surface area contributed by atoms with Crippen LogP contribution in [0.4, 0.5) is 10.1 Å². The molecular formula is C22H23FN4O2. The van der Waals surface area contributed by atoms with Crippen molar-refractivity contribution in [3.63, 3.8) is 0 Å². The Bertz CT molecular complexity index is 1120. The number of hydrogen-bond acceptors (Lipinski definition) is 4. The van der Waals surface area contributed by atoms with Gasteiger partial charge in [-0.15, -0.1) is 0 Å². The van der Waals surface area contributed by atoms with Gasteiger partial charge in [0.25, 0.3) is 5.56 Å². The van der Waals surface area contributed by atoms with Crippen molar-refractivity contribution in [2.45, 2.75) is 45.4 Å². The number of aryl methyl sites for hydroxylation is 1. The summed E-state index contributed by atoms with van der Waals surface area (Å²) in [6, 6.07) is 7.57. The Morgan fingerprint density at radius 3 is 2.83 bits per heavy atom. The summed E-state index contributed by atoms with van der Waals surface area (Å²) in [5.74, 6) is 0.0639. The summed E-state index contributed by atoms with van der Waals surface area (Å²) in [7, 11) is 0. The Kier molecular flexibility index (Phi) is 5.38. The maximum Gasteiger partial charge on any atom is 0.267 e. The van der Waals surface area contributed by atoms with E-state index in [4.69, 9.17) is 0 Å². The van der Waals surface area contributed by atoms with Crippen molar-refractivity contribution in [1.29, 1.82) is 0 Å². The number of halogens is 1. The number of nitrogens with one attached hydrogen (secondary N) is 1. The van der Waals surface area contributed by atoms with Crippen LogP contribution >= 0.6 is 0 Å². The first-order valence-corrected chi connectivity index (χ1v) is 9.97. The molecule has 0 bridgehead atoms. The fraction of sp³-hybridized carbons (Fsp3) is 0.364. The number of anilines is 1. The lowest BCUT2D eigenvalue weighted by molar-refractivity contribution is -0.117. The number of rotatable bonds is 4. The van der Waals surface area contributed by atoms with Crippen LogP contribution in [0, 0.1) is 18.7 Å². The van der Waals surface area contributed by atoms with E-state index in [0.29, 0.717) is 34.9 Å². The summed E-state index contributed by atoms with van der Waals surface area (Å²) in [5, 5.41) is 3.06. The van der Waals surface area contributed by atoms with Gasteiger partial charge in [0.05, 0.1) is 16.8 Å². The van der Waals surface area contributed by atoms with Crippen LogP contribution in [-0.4, -0.2) is 20.4 Å². The number of carbonyl (C=O) groups excluding carboxylic acids is 1. The van der Waals surface area contributed by atoms with E-state index in [9.17, 15) is 14.0 Å². The van der Waals surface area contributed by atoms with Crippen LogP contribution in [0.15, 0.2) is 41.3 Å². The van der Waals surface area contributed by atoms with Crippen LogP contribution < -0.4 is 10.9 Å². The number of nitrogens with zero attached hydrogens (tertiary/aromatic N) is 3. The van der Waals surface area contributed by atoms with Crippen molar-refractivity contribution in [3.8, 4) is 5.69 Å². The van der Waals surface area contributed by atoms with Gasteiger partial charge >= 0.3 is 0 Å². The van der Waals surface area contributed by atoms with Crippen LogP contribution in [0.2, 0.25) is 0 Å². The molecule has 0 atom stereocenters. The van der Waals surface area contributed by atoms with Crippen LogP contribution in [0.3, 0.4) is 0 Å². The number of aromatic nitrogens is 3. The summed E-state index contributed by atoms with van der Waals surface area (Å²) in [6.45, 7) is 1.69. The predicted molar refractivity (Wildman–Crippen MR) is 110 cm³/mol. The van der Waals surface area contributed by atoms with Crippen molar-refractivity contribution in [2.75, 3.05) is 5.32 Å². The average Bonchev–Trinajstić information content (AvgIpc) is 2.71. The standard InChI is InChI=1S/C22H23FN4O2/c1-14-25-21-17(8-5-11-24-21)22(29)27(14)16-9-10-18(23)19(13-16)26-20(28)12-15-6-3-2-4-7-15/h5,8-11,13,15H,2-4,6-7,12H2,1H3,(H,26,28). The monoisotopic (exact) mass is 394 g/mol. The molecule has 2 heterocycles. The van der Waals surface area contributed by atoms with Crippen LogP contribution in [-0.2, 0) is 4.79 Å². The third-order valence-corrected chi connectivity index (χ3v) is 5.49. The molecule has 0 spiro atoms. The first-order chi connectivity index (χ1) is 14.0. The summed E-state index contributed by atoms with van der Waals surface area (Å²) >= 11 is 0. The van der Waals surface area contributed by atoms with Gasteiger partial charge in [-0.2, -0.15) is 0 Å². The zero-order valence-corrected chi connectivity index (χ0v) is 16.3. The molecule has 7 heteroatoms. The highest BCUT2D eigenvalue weighted by Crippen LogP contribution is 2.27. The summed E-state index contributed by atoms with van der Waals surface area (Å²) < 4.78 is 15.8. The van der Waals surface area contributed by atoms with Gasteiger partial charge in [0.15, 0.2) is 5.65 Å². The van der Waals surface area contributed by atoms with Crippen molar-refractivity contribution < 1.29 is 9.18 Å².